The fraction of sp³-hybridized carbons (Fsp3) is 0.0769. The Morgan fingerprint density at radius 3 is 2.53 bits per heavy atom. The van der Waals surface area contributed by atoms with E-state index >= 15 is 0 Å². The van der Waals surface area contributed by atoms with E-state index in [1.165, 1.54) is 12.1 Å². The molecular formula is C13H11ClFNO. The van der Waals surface area contributed by atoms with Crippen molar-refractivity contribution >= 4 is 17.3 Å². The fourth-order valence-corrected chi connectivity index (χ4v) is 1.58. The highest BCUT2D eigenvalue weighted by atomic mass is 35.5. The van der Waals surface area contributed by atoms with Crippen LogP contribution in [-0.4, -0.2) is 0 Å². The molecule has 0 aliphatic heterocycles. The van der Waals surface area contributed by atoms with E-state index in [9.17, 15) is 4.39 Å². The Kier molecular flexibility index (Phi) is 3.49. The van der Waals surface area contributed by atoms with E-state index in [2.05, 4.69) is 0 Å². The lowest BCUT2D eigenvalue weighted by molar-refractivity contribution is 0.305. The van der Waals surface area contributed by atoms with Gasteiger partial charge in [-0.3, -0.25) is 0 Å². The molecule has 17 heavy (non-hydrogen) atoms. The van der Waals surface area contributed by atoms with Gasteiger partial charge in [0.05, 0.1) is 10.7 Å². The van der Waals surface area contributed by atoms with E-state index in [0.717, 1.165) is 5.56 Å². The number of anilines is 1. The van der Waals surface area contributed by atoms with Gasteiger partial charge < -0.3 is 10.5 Å². The molecular weight excluding hydrogens is 241 g/mol. The monoisotopic (exact) mass is 251 g/mol. The first-order chi connectivity index (χ1) is 8.16. The molecule has 0 aliphatic carbocycles. The van der Waals surface area contributed by atoms with Crippen LogP contribution in [0.4, 0.5) is 10.1 Å². The Labute approximate surface area is 104 Å². The highest BCUT2D eigenvalue weighted by Crippen LogP contribution is 2.28. The predicted octanol–water partition coefficient (Wildman–Crippen LogP) is 3.64. The van der Waals surface area contributed by atoms with Crippen LogP contribution in [0.5, 0.6) is 5.75 Å². The van der Waals surface area contributed by atoms with Gasteiger partial charge in [0.2, 0.25) is 0 Å². The standard InChI is InChI=1S/C13H11ClFNO/c14-11-6-10(7-12(15)13(11)16)17-8-9-4-2-1-3-5-9/h1-7H,8,16H2. The summed E-state index contributed by atoms with van der Waals surface area (Å²) in [6.45, 7) is 0.362. The Bertz CT molecular complexity index is 493. The first-order valence-corrected chi connectivity index (χ1v) is 5.46. The summed E-state index contributed by atoms with van der Waals surface area (Å²) in [6.07, 6.45) is 0. The molecule has 4 heteroatoms. The van der Waals surface area contributed by atoms with E-state index in [4.69, 9.17) is 22.1 Å². The Balaban J connectivity index is 2.10. The van der Waals surface area contributed by atoms with Crippen LogP contribution in [0.2, 0.25) is 5.02 Å². The van der Waals surface area contributed by atoms with Crippen molar-refractivity contribution in [3.05, 3.63) is 58.9 Å². The van der Waals surface area contributed by atoms with Crippen molar-refractivity contribution in [3.63, 3.8) is 0 Å². The molecule has 0 saturated carbocycles. The average molecular weight is 252 g/mol. The van der Waals surface area contributed by atoms with Crippen molar-refractivity contribution in [2.75, 3.05) is 5.73 Å². The third kappa shape index (κ3) is 2.88. The van der Waals surface area contributed by atoms with Crippen LogP contribution in [0.3, 0.4) is 0 Å². The van der Waals surface area contributed by atoms with Crippen molar-refractivity contribution in [1.29, 1.82) is 0 Å². The second-order valence-corrected chi connectivity index (χ2v) is 3.98. The van der Waals surface area contributed by atoms with Gasteiger partial charge in [-0.25, -0.2) is 4.39 Å². The van der Waals surface area contributed by atoms with Crippen molar-refractivity contribution in [1.82, 2.24) is 0 Å². The smallest absolute Gasteiger partial charge is 0.151 e. The minimum Gasteiger partial charge on any atom is -0.489 e. The number of nitrogens with two attached hydrogens (primary N) is 1. The summed E-state index contributed by atoms with van der Waals surface area (Å²) in [5.41, 5.74) is 6.34. The molecule has 0 aromatic heterocycles. The fourth-order valence-electron chi connectivity index (χ4n) is 1.39. The molecule has 0 spiro atoms. The maximum atomic E-state index is 13.3. The lowest BCUT2D eigenvalue weighted by Gasteiger charge is -2.08. The molecule has 0 heterocycles. The van der Waals surface area contributed by atoms with Crippen molar-refractivity contribution < 1.29 is 9.13 Å². The summed E-state index contributed by atoms with van der Waals surface area (Å²) in [7, 11) is 0. The molecule has 0 fully saturated rings. The van der Waals surface area contributed by atoms with Crippen LogP contribution in [0.15, 0.2) is 42.5 Å². The van der Waals surface area contributed by atoms with Crippen molar-refractivity contribution in [2.45, 2.75) is 6.61 Å². The van der Waals surface area contributed by atoms with Gasteiger partial charge in [0.25, 0.3) is 0 Å². The number of hydrogen-bond acceptors (Lipinski definition) is 2. The largest absolute Gasteiger partial charge is 0.489 e. The van der Waals surface area contributed by atoms with Crippen LogP contribution >= 0.6 is 11.6 Å². The van der Waals surface area contributed by atoms with E-state index in [1.807, 2.05) is 30.3 Å². The quantitative estimate of drug-likeness (QED) is 0.846. The van der Waals surface area contributed by atoms with E-state index in [-0.39, 0.29) is 10.7 Å². The number of halogens is 2. The molecule has 88 valence electrons. The first kappa shape index (κ1) is 11.7. The van der Waals surface area contributed by atoms with Crippen molar-refractivity contribution in [2.24, 2.45) is 0 Å². The number of nitrogen functional groups attached to an aromatic ring is 1. The summed E-state index contributed by atoms with van der Waals surface area (Å²) in [6, 6.07) is 12.3. The number of rotatable bonds is 3. The Morgan fingerprint density at radius 2 is 1.88 bits per heavy atom. The minimum absolute atomic E-state index is 0.0567. The summed E-state index contributed by atoms with van der Waals surface area (Å²) in [5, 5.41) is 0.160. The third-order valence-electron chi connectivity index (χ3n) is 2.30. The zero-order valence-corrected chi connectivity index (χ0v) is 9.75. The van der Waals surface area contributed by atoms with Crippen LogP contribution < -0.4 is 10.5 Å². The highest BCUT2D eigenvalue weighted by Gasteiger charge is 2.07. The van der Waals surface area contributed by atoms with Crippen LogP contribution in [0.25, 0.3) is 0 Å². The van der Waals surface area contributed by atoms with Gasteiger partial charge in [-0.1, -0.05) is 41.9 Å². The van der Waals surface area contributed by atoms with Gasteiger partial charge in [-0.05, 0) is 5.56 Å². The van der Waals surface area contributed by atoms with E-state index in [0.29, 0.717) is 12.4 Å². The molecule has 2 rings (SSSR count). The van der Waals surface area contributed by atoms with Gasteiger partial charge in [-0.15, -0.1) is 0 Å². The minimum atomic E-state index is -0.569. The summed E-state index contributed by atoms with van der Waals surface area (Å²) < 4.78 is 18.7. The maximum absolute atomic E-state index is 13.3. The van der Waals surface area contributed by atoms with Crippen LogP contribution in [-0.2, 0) is 6.61 Å². The normalized spacial score (nSPS) is 10.2. The van der Waals surface area contributed by atoms with Crippen LogP contribution in [0, 0.1) is 5.82 Å². The number of ether oxygens (including phenoxy) is 1. The molecule has 2 nitrogen and oxygen atoms in total. The van der Waals surface area contributed by atoms with Gasteiger partial charge >= 0.3 is 0 Å². The van der Waals surface area contributed by atoms with Gasteiger partial charge in [0.1, 0.15) is 12.4 Å². The first-order valence-electron chi connectivity index (χ1n) is 5.08. The number of benzene rings is 2. The topological polar surface area (TPSA) is 35.2 Å². The highest BCUT2D eigenvalue weighted by molar-refractivity contribution is 6.33. The molecule has 0 saturated heterocycles. The zero-order valence-electron chi connectivity index (χ0n) is 8.99. The van der Waals surface area contributed by atoms with Gasteiger partial charge in [-0.2, -0.15) is 0 Å². The molecule has 0 atom stereocenters. The molecule has 0 aliphatic rings. The molecule has 0 unspecified atom stereocenters. The van der Waals surface area contributed by atoms with Crippen LogP contribution in [0.1, 0.15) is 5.56 Å². The predicted molar refractivity (Wildman–Crippen MR) is 66.6 cm³/mol. The summed E-state index contributed by atoms with van der Waals surface area (Å²) in [4.78, 5) is 0. The molecule has 0 bridgehead atoms. The second kappa shape index (κ2) is 5.06. The van der Waals surface area contributed by atoms with E-state index < -0.39 is 5.82 Å². The SMILES string of the molecule is Nc1c(F)cc(OCc2ccccc2)cc1Cl. The Morgan fingerprint density at radius 1 is 1.18 bits per heavy atom. The summed E-state index contributed by atoms with van der Waals surface area (Å²) in [5.74, 6) is -0.203. The average Bonchev–Trinajstić information content (AvgIpc) is 2.34. The van der Waals surface area contributed by atoms with E-state index in [1.54, 1.807) is 0 Å². The maximum Gasteiger partial charge on any atom is 0.151 e. The van der Waals surface area contributed by atoms with Crippen molar-refractivity contribution in [3.8, 4) is 5.75 Å². The van der Waals surface area contributed by atoms with Gasteiger partial charge in [0.15, 0.2) is 5.82 Å². The molecule has 2 N–H and O–H groups in total. The lowest BCUT2D eigenvalue weighted by Crippen LogP contribution is -1.98. The molecule has 0 radical (unpaired) electrons. The van der Waals surface area contributed by atoms with Gasteiger partial charge in [0, 0.05) is 12.1 Å². The Hall–Kier alpha value is -1.74. The zero-order chi connectivity index (χ0) is 12.3. The molecule has 2 aromatic rings. The second-order valence-electron chi connectivity index (χ2n) is 3.57. The third-order valence-corrected chi connectivity index (χ3v) is 2.61. The number of hydrogen-bond donors (Lipinski definition) is 1. The summed E-state index contributed by atoms with van der Waals surface area (Å²) >= 11 is 5.76. The molecule has 2 aromatic carbocycles. The molecule has 0 amide bonds. The lowest BCUT2D eigenvalue weighted by atomic mass is 10.2.